The topological polar surface area (TPSA) is 51.6 Å². The molecule has 0 saturated carbocycles. The minimum absolute atomic E-state index is 0.650. The molecule has 0 atom stereocenters. The number of hydrogen-bond donors (Lipinski definition) is 0. The highest BCUT2D eigenvalue weighted by atomic mass is 15.0. The van der Waals surface area contributed by atoms with Crippen molar-refractivity contribution in [2.24, 2.45) is 0 Å². The number of hydrogen-bond acceptors (Lipinski definition) is 4. The molecule has 0 aliphatic carbocycles. The molecule has 4 heteroatoms. The van der Waals surface area contributed by atoms with Crippen LogP contribution in [0.4, 0.5) is 0 Å². The highest BCUT2D eigenvalue weighted by Crippen LogP contribution is 2.29. The lowest BCUT2D eigenvalue weighted by atomic mass is 10.0. The molecule has 5 aromatic rings. The van der Waals surface area contributed by atoms with Crippen molar-refractivity contribution in [3.63, 3.8) is 0 Å². The zero-order valence-electron chi connectivity index (χ0n) is 18.0. The molecule has 3 aromatic carbocycles. The van der Waals surface area contributed by atoms with E-state index in [0.717, 1.165) is 39.2 Å². The number of aromatic nitrogens is 4. The Kier molecular flexibility index (Phi) is 5.26. The van der Waals surface area contributed by atoms with Crippen LogP contribution in [0.2, 0.25) is 0 Å². The standard InChI is InChI=1S/C28H22N4/c1-19-16-17-25(20(2)29-19)23-14-9-15-24(18-23)28-31-26(21-10-5-3-6-11-21)30-27(32-28)22-12-7-4-8-13-22/h3-18H,1-2H3. The van der Waals surface area contributed by atoms with Crippen molar-refractivity contribution in [1.82, 2.24) is 19.9 Å². The number of benzene rings is 3. The molecule has 0 bridgehead atoms. The monoisotopic (exact) mass is 414 g/mol. The lowest BCUT2D eigenvalue weighted by Crippen LogP contribution is -2.00. The molecule has 0 aliphatic heterocycles. The van der Waals surface area contributed by atoms with Gasteiger partial charge in [-0.05, 0) is 31.5 Å². The molecule has 2 heterocycles. The molecule has 0 N–H and O–H groups in total. The van der Waals surface area contributed by atoms with E-state index in [1.54, 1.807) is 0 Å². The maximum Gasteiger partial charge on any atom is 0.164 e. The first-order chi connectivity index (χ1) is 15.7. The molecule has 154 valence electrons. The van der Waals surface area contributed by atoms with Crippen molar-refractivity contribution >= 4 is 0 Å². The summed E-state index contributed by atoms with van der Waals surface area (Å²) in [6, 6.07) is 32.5. The van der Waals surface area contributed by atoms with Crippen molar-refractivity contribution in [2.45, 2.75) is 13.8 Å². The molecule has 0 amide bonds. The number of aryl methyl sites for hydroxylation is 2. The second kappa shape index (κ2) is 8.52. The van der Waals surface area contributed by atoms with Gasteiger partial charge in [0.2, 0.25) is 0 Å². The van der Waals surface area contributed by atoms with E-state index in [4.69, 9.17) is 15.0 Å². The van der Waals surface area contributed by atoms with E-state index in [0.29, 0.717) is 17.5 Å². The van der Waals surface area contributed by atoms with Gasteiger partial charge < -0.3 is 0 Å². The summed E-state index contributed by atoms with van der Waals surface area (Å²) in [5.41, 5.74) is 7.09. The van der Waals surface area contributed by atoms with E-state index in [1.165, 1.54) is 0 Å². The molecule has 0 saturated heterocycles. The van der Waals surface area contributed by atoms with Gasteiger partial charge >= 0.3 is 0 Å². The van der Waals surface area contributed by atoms with Gasteiger partial charge in [-0.1, -0.05) is 84.9 Å². The van der Waals surface area contributed by atoms with E-state index >= 15 is 0 Å². The maximum atomic E-state index is 4.83. The fourth-order valence-corrected chi connectivity index (χ4v) is 3.76. The lowest BCUT2D eigenvalue weighted by molar-refractivity contribution is 1.07. The van der Waals surface area contributed by atoms with Crippen LogP contribution in [0.1, 0.15) is 11.4 Å². The Labute approximate surface area is 187 Å². The normalized spacial score (nSPS) is 10.8. The Morgan fingerprint density at radius 2 is 0.938 bits per heavy atom. The molecular weight excluding hydrogens is 392 g/mol. The summed E-state index contributed by atoms with van der Waals surface area (Å²) in [4.78, 5) is 19.1. The Morgan fingerprint density at radius 3 is 1.50 bits per heavy atom. The van der Waals surface area contributed by atoms with Crippen molar-refractivity contribution in [3.05, 3.63) is 108 Å². The summed E-state index contributed by atoms with van der Waals surface area (Å²) >= 11 is 0. The first-order valence-corrected chi connectivity index (χ1v) is 10.6. The summed E-state index contributed by atoms with van der Waals surface area (Å²) in [6.07, 6.45) is 0. The Balaban J connectivity index is 1.66. The van der Waals surface area contributed by atoms with E-state index in [9.17, 15) is 0 Å². The quantitative estimate of drug-likeness (QED) is 0.334. The third-order valence-electron chi connectivity index (χ3n) is 5.36. The minimum atomic E-state index is 0.650. The predicted molar refractivity (Wildman–Crippen MR) is 129 cm³/mol. The second-order valence-electron chi connectivity index (χ2n) is 7.70. The van der Waals surface area contributed by atoms with Gasteiger partial charge in [0.1, 0.15) is 0 Å². The summed E-state index contributed by atoms with van der Waals surface area (Å²) in [5.74, 6) is 1.97. The molecular formula is C28H22N4. The first-order valence-electron chi connectivity index (χ1n) is 10.6. The molecule has 0 aliphatic rings. The van der Waals surface area contributed by atoms with Gasteiger partial charge in [0.05, 0.1) is 0 Å². The Morgan fingerprint density at radius 1 is 0.438 bits per heavy atom. The molecule has 2 aromatic heterocycles. The van der Waals surface area contributed by atoms with Crippen LogP contribution in [0.15, 0.2) is 97.1 Å². The number of pyridine rings is 1. The average molecular weight is 415 g/mol. The number of nitrogens with zero attached hydrogens (tertiary/aromatic N) is 4. The predicted octanol–water partition coefficient (Wildman–Crippen LogP) is 6.55. The van der Waals surface area contributed by atoms with Crippen LogP contribution < -0.4 is 0 Å². The summed E-state index contributed by atoms with van der Waals surface area (Å²) in [7, 11) is 0. The van der Waals surface area contributed by atoms with Gasteiger partial charge in [-0.25, -0.2) is 15.0 Å². The molecule has 0 spiro atoms. The maximum absolute atomic E-state index is 4.83. The fraction of sp³-hybridized carbons (Fsp3) is 0.0714. The summed E-state index contributed by atoms with van der Waals surface area (Å²) < 4.78 is 0. The van der Waals surface area contributed by atoms with E-state index < -0.39 is 0 Å². The van der Waals surface area contributed by atoms with E-state index in [1.807, 2.05) is 92.7 Å². The van der Waals surface area contributed by atoms with Crippen molar-refractivity contribution in [1.29, 1.82) is 0 Å². The van der Waals surface area contributed by atoms with Crippen LogP contribution in [-0.4, -0.2) is 19.9 Å². The zero-order valence-corrected chi connectivity index (χ0v) is 18.0. The summed E-state index contributed by atoms with van der Waals surface area (Å²) in [5, 5.41) is 0. The van der Waals surface area contributed by atoms with Crippen molar-refractivity contribution < 1.29 is 0 Å². The van der Waals surface area contributed by atoms with Crippen LogP contribution >= 0.6 is 0 Å². The molecule has 4 nitrogen and oxygen atoms in total. The lowest BCUT2D eigenvalue weighted by Gasteiger charge is -2.10. The zero-order chi connectivity index (χ0) is 21.9. The van der Waals surface area contributed by atoms with E-state index in [2.05, 4.69) is 23.2 Å². The third-order valence-corrected chi connectivity index (χ3v) is 5.36. The molecule has 0 radical (unpaired) electrons. The van der Waals surface area contributed by atoms with Gasteiger partial charge in [-0.3, -0.25) is 4.98 Å². The summed E-state index contributed by atoms with van der Waals surface area (Å²) in [6.45, 7) is 4.05. The number of rotatable bonds is 4. The van der Waals surface area contributed by atoms with Crippen LogP contribution in [0.5, 0.6) is 0 Å². The largest absolute Gasteiger partial charge is 0.258 e. The van der Waals surface area contributed by atoms with Gasteiger partial charge in [0.25, 0.3) is 0 Å². The van der Waals surface area contributed by atoms with Crippen LogP contribution in [-0.2, 0) is 0 Å². The van der Waals surface area contributed by atoms with Crippen molar-refractivity contribution in [2.75, 3.05) is 0 Å². The van der Waals surface area contributed by atoms with E-state index in [-0.39, 0.29) is 0 Å². The fourth-order valence-electron chi connectivity index (χ4n) is 3.76. The molecule has 0 unspecified atom stereocenters. The Hall–Kier alpha value is -4.18. The van der Waals surface area contributed by atoms with Crippen molar-refractivity contribution in [3.8, 4) is 45.3 Å². The highest BCUT2D eigenvalue weighted by Gasteiger charge is 2.13. The SMILES string of the molecule is Cc1ccc(-c2cccc(-c3nc(-c4ccccc4)nc(-c4ccccc4)n3)c2)c(C)n1. The van der Waals surface area contributed by atoms with Crippen LogP contribution in [0.25, 0.3) is 45.3 Å². The highest BCUT2D eigenvalue weighted by molar-refractivity contribution is 5.73. The molecule has 0 fully saturated rings. The average Bonchev–Trinajstić information content (AvgIpc) is 2.85. The minimum Gasteiger partial charge on any atom is -0.258 e. The molecule has 5 rings (SSSR count). The van der Waals surface area contributed by atoms with Gasteiger partial charge in [0.15, 0.2) is 17.5 Å². The second-order valence-corrected chi connectivity index (χ2v) is 7.70. The van der Waals surface area contributed by atoms with Crippen LogP contribution in [0.3, 0.4) is 0 Å². The van der Waals surface area contributed by atoms with Gasteiger partial charge in [0, 0.05) is 33.6 Å². The van der Waals surface area contributed by atoms with Gasteiger partial charge in [-0.2, -0.15) is 0 Å². The van der Waals surface area contributed by atoms with Gasteiger partial charge in [-0.15, -0.1) is 0 Å². The third kappa shape index (κ3) is 4.03. The van der Waals surface area contributed by atoms with Crippen LogP contribution in [0, 0.1) is 13.8 Å². The first kappa shape index (κ1) is 19.8. The smallest absolute Gasteiger partial charge is 0.164 e. The Bertz CT molecular complexity index is 1320. The molecule has 32 heavy (non-hydrogen) atoms.